The van der Waals surface area contributed by atoms with E-state index >= 15 is 0 Å². The first-order valence-corrected chi connectivity index (χ1v) is 10.2. The van der Waals surface area contributed by atoms with Crippen molar-refractivity contribution in [2.45, 2.75) is 33.2 Å². The fourth-order valence-electron chi connectivity index (χ4n) is 3.61. The van der Waals surface area contributed by atoms with Gasteiger partial charge in [-0.3, -0.25) is 9.59 Å². The lowest BCUT2D eigenvalue weighted by molar-refractivity contribution is -0.141. The van der Waals surface area contributed by atoms with Crippen LogP contribution in [0.1, 0.15) is 28.9 Å². The summed E-state index contributed by atoms with van der Waals surface area (Å²) in [5, 5.41) is 7.33. The Morgan fingerprint density at radius 3 is 2.77 bits per heavy atom. The lowest BCUT2D eigenvalue weighted by Crippen LogP contribution is -2.51. The minimum Gasteiger partial charge on any atom is -0.378 e. The summed E-state index contributed by atoms with van der Waals surface area (Å²) in [6.07, 6.45) is 1.48. The van der Waals surface area contributed by atoms with E-state index in [-0.39, 0.29) is 23.7 Å². The van der Waals surface area contributed by atoms with Crippen LogP contribution in [0.15, 0.2) is 0 Å². The van der Waals surface area contributed by atoms with Gasteiger partial charge < -0.3 is 20.3 Å². The molecule has 0 spiro atoms. The highest BCUT2D eigenvalue weighted by atomic mass is 32.1. The van der Waals surface area contributed by atoms with Gasteiger partial charge in [-0.1, -0.05) is 6.92 Å². The van der Waals surface area contributed by atoms with Crippen molar-refractivity contribution in [2.24, 2.45) is 11.8 Å². The lowest BCUT2D eigenvalue weighted by Gasteiger charge is -2.34. The number of rotatable bonds is 5. The van der Waals surface area contributed by atoms with Gasteiger partial charge in [-0.25, -0.2) is 4.98 Å². The quantitative estimate of drug-likeness (QED) is 0.786. The molecule has 144 valence electrons. The van der Waals surface area contributed by atoms with Gasteiger partial charge in [0, 0.05) is 31.1 Å². The molecular weight excluding hydrogens is 352 g/mol. The number of thiazole rings is 1. The lowest BCUT2D eigenvalue weighted by atomic mass is 9.88. The Labute approximate surface area is 158 Å². The van der Waals surface area contributed by atoms with Gasteiger partial charge in [0.2, 0.25) is 11.8 Å². The van der Waals surface area contributed by atoms with Crippen LogP contribution in [0, 0.1) is 18.8 Å². The highest BCUT2D eigenvalue weighted by molar-refractivity contribution is 7.11. The number of carbonyl (C=O) groups excluding carboxylic acids is 2. The van der Waals surface area contributed by atoms with E-state index in [4.69, 9.17) is 4.74 Å². The molecule has 1 aromatic heterocycles. The molecule has 8 heteroatoms. The molecule has 0 bridgehead atoms. The number of morpholine rings is 1. The van der Waals surface area contributed by atoms with Crippen molar-refractivity contribution in [1.82, 2.24) is 20.5 Å². The maximum atomic E-state index is 12.7. The maximum absolute atomic E-state index is 12.7. The van der Waals surface area contributed by atoms with Crippen molar-refractivity contribution in [3.63, 3.8) is 0 Å². The van der Waals surface area contributed by atoms with Crippen molar-refractivity contribution in [3.05, 3.63) is 15.6 Å². The number of aryl methyl sites for hydroxylation is 2. The molecule has 2 atom stereocenters. The molecule has 2 saturated heterocycles. The number of nitrogens with one attached hydrogen (secondary N) is 2. The summed E-state index contributed by atoms with van der Waals surface area (Å²) in [6.45, 7) is 8.36. The van der Waals surface area contributed by atoms with Gasteiger partial charge in [-0.2, -0.15) is 0 Å². The van der Waals surface area contributed by atoms with Crippen LogP contribution in [0.4, 0.5) is 0 Å². The average molecular weight is 381 g/mol. The molecule has 7 nitrogen and oxygen atoms in total. The summed E-state index contributed by atoms with van der Waals surface area (Å²) in [4.78, 5) is 32.8. The first-order chi connectivity index (χ1) is 12.6. The molecular formula is C18H28N4O3S. The molecule has 2 N–H and O–H groups in total. The fraction of sp³-hybridized carbons (Fsp3) is 0.722. The molecule has 2 aliphatic heterocycles. The second-order valence-corrected chi connectivity index (χ2v) is 8.19. The van der Waals surface area contributed by atoms with E-state index < -0.39 is 0 Å². The molecule has 2 fully saturated rings. The van der Waals surface area contributed by atoms with E-state index in [1.807, 2.05) is 11.8 Å². The van der Waals surface area contributed by atoms with Gasteiger partial charge in [0.05, 0.1) is 42.3 Å². The number of amides is 2. The molecule has 0 aromatic carbocycles. The predicted molar refractivity (Wildman–Crippen MR) is 99.9 cm³/mol. The van der Waals surface area contributed by atoms with Crippen molar-refractivity contribution in [3.8, 4) is 0 Å². The molecule has 0 aliphatic carbocycles. The second kappa shape index (κ2) is 8.92. The molecule has 3 rings (SSSR count). The van der Waals surface area contributed by atoms with Crippen LogP contribution < -0.4 is 10.6 Å². The van der Waals surface area contributed by atoms with Crippen molar-refractivity contribution in [1.29, 1.82) is 0 Å². The predicted octanol–water partition coefficient (Wildman–Crippen LogP) is 0.715. The number of carbonyl (C=O) groups is 2. The summed E-state index contributed by atoms with van der Waals surface area (Å²) in [5.74, 6) is -0.137. The third-order valence-electron chi connectivity index (χ3n) is 5.04. The SMILES string of the molecule is CCc1nc(C)sc1CNC(=O)[C@H]1CNC[C@@H](C(=O)N2CCOCC2)C1. The Morgan fingerprint density at radius 2 is 2.04 bits per heavy atom. The number of aromatic nitrogens is 1. The van der Waals surface area contributed by atoms with Gasteiger partial charge in [0.1, 0.15) is 0 Å². The fourth-order valence-corrected chi connectivity index (χ4v) is 4.57. The molecule has 0 radical (unpaired) electrons. The molecule has 2 aliphatic rings. The first kappa shape index (κ1) is 19.3. The van der Waals surface area contributed by atoms with E-state index in [0.29, 0.717) is 52.4 Å². The Bertz CT molecular complexity index is 642. The smallest absolute Gasteiger partial charge is 0.227 e. The summed E-state index contributed by atoms with van der Waals surface area (Å²) in [6, 6.07) is 0. The van der Waals surface area contributed by atoms with E-state index in [0.717, 1.165) is 22.0 Å². The maximum Gasteiger partial charge on any atom is 0.227 e. The minimum atomic E-state index is -0.169. The molecule has 0 saturated carbocycles. The zero-order chi connectivity index (χ0) is 18.5. The van der Waals surface area contributed by atoms with Crippen LogP contribution >= 0.6 is 11.3 Å². The van der Waals surface area contributed by atoms with Crippen LogP contribution in [0.25, 0.3) is 0 Å². The summed E-state index contributed by atoms with van der Waals surface area (Å²) >= 11 is 1.64. The standard InChI is InChI=1S/C18H28N4O3S/c1-3-15-16(26-12(2)21-15)11-20-17(23)13-8-14(10-19-9-13)18(24)22-4-6-25-7-5-22/h13-14,19H,3-11H2,1-2H3,(H,20,23)/t13-,14+/m1/s1. The van der Waals surface area contributed by atoms with Crippen molar-refractivity contribution >= 4 is 23.2 Å². The highest BCUT2D eigenvalue weighted by Crippen LogP contribution is 2.21. The second-order valence-electron chi connectivity index (χ2n) is 6.90. The number of hydrogen-bond acceptors (Lipinski definition) is 6. The summed E-state index contributed by atoms with van der Waals surface area (Å²) in [5.41, 5.74) is 1.06. The van der Waals surface area contributed by atoms with Crippen molar-refractivity contribution in [2.75, 3.05) is 39.4 Å². The molecule has 1 aromatic rings. The Hall–Kier alpha value is -1.51. The number of hydrogen-bond donors (Lipinski definition) is 2. The zero-order valence-corrected chi connectivity index (χ0v) is 16.4. The highest BCUT2D eigenvalue weighted by Gasteiger charge is 2.33. The van der Waals surface area contributed by atoms with E-state index in [1.165, 1.54) is 0 Å². The van der Waals surface area contributed by atoms with E-state index in [9.17, 15) is 9.59 Å². The first-order valence-electron chi connectivity index (χ1n) is 9.38. The Balaban J connectivity index is 1.53. The van der Waals surface area contributed by atoms with Gasteiger partial charge in [0.25, 0.3) is 0 Å². The normalized spacial score (nSPS) is 23.7. The van der Waals surface area contributed by atoms with Gasteiger partial charge in [-0.05, 0) is 19.8 Å². The number of ether oxygens (including phenoxy) is 1. The largest absolute Gasteiger partial charge is 0.378 e. The number of nitrogens with zero attached hydrogens (tertiary/aromatic N) is 2. The third-order valence-corrected chi connectivity index (χ3v) is 6.05. The topological polar surface area (TPSA) is 83.6 Å². The minimum absolute atomic E-state index is 0.0186. The average Bonchev–Trinajstić information content (AvgIpc) is 3.06. The molecule has 3 heterocycles. The van der Waals surface area contributed by atoms with Gasteiger partial charge in [-0.15, -0.1) is 11.3 Å². The molecule has 26 heavy (non-hydrogen) atoms. The van der Waals surface area contributed by atoms with Crippen molar-refractivity contribution < 1.29 is 14.3 Å². The Morgan fingerprint density at radius 1 is 1.31 bits per heavy atom. The summed E-state index contributed by atoms with van der Waals surface area (Å²) in [7, 11) is 0. The Kier molecular flexibility index (Phi) is 6.61. The summed E-state index contributed by atoms with van der Waals surface area (Å²) < 4.78 is 5.31. The van der Waals surface area contributed by atoms with E-state index in [2.05, 4.69) is 22.5 Å². The van der Waals surface area contributed by atoms with Crippen LogP contribution in [-0.4, -0.2) is 61.1 Å². The monoisotopic (exact) mass is 380 g/mol. The van der Waals surface area contributed by atoms with Gasteiger partial charge >= 0.3 is 0 Å². The zero-order valence-electron chi connectivity index (χ0n) is 15.5. The van der Waals surface area contributed by atoms with E-state index in [1.54, 1.807) is 11.3 Å². The third kappa shape index (κ3) is 4.61. The molecule has 0 unspecified atom stereocenters. The van der Waals surface area contributed by atoms with Crippen LogP contribution in [-0.2, 0) is 27.3 Å². The van der Waals surface area contributed by atoms with Crippen LogP contribution in [0.3, 0.4) is 0 Å². The van der Waals surface area contributed by atoms with Gasteiger partial charge in [0.15, 0.2) is 0 Å². The van der Waals surface area contributed by atoms with Crippen LogP contribution in [0.5, 0.6) is 0 Å². The van der Waals surface area contributed by atoms with Crippen LogP contribution in [0.2, 0.25) is 0 Å². The molecule has 2 amide bonds. The number of piperidine rings is 1.